The number of amides is 3. The van der Waals surface area contributed by atoms with E-state index in [2.05, 4.69) is 24.1 Å². The van der Waals surface area contributed by atoms with E-state index in [-0.39, 0.29) is 17.5 Å². The van der Waals surface area contributed by atoms with Gasteiger partial charge < -0.3 is 20.7 Å². The molecule has 170 valence electrons. The van der Waals surface area contributed by atoms with Crippen LogP contribution in [0.15, 0.2) is 48.5 Å². The molecule has 2 aliphatic heterocycles. The number of nitrogens with zero attached hydrogens (tertiary/aromatic N) is 2. The first-order chi connectivity index (χ1) is 15.4. The molecular formula is C25H32N4O3. The maximum absolute atomic E-state index is 12.9. The Bertz CT molecular complexity index is 971. The lowest BCUT2D eigenvalue weighted by Gasteiger charge is -2.43. The van der Waals surface area contributed by atoms with Crippen LogP contribution in [0.4, 0.5) is 4.79 Å². The molecule has 0 saturated carbocycles. The molecule has 7 nitrogen and oxygen atoms in total. The number of carbonyl (C=O) groups is 2. The Kier molecular flexibility index (Phi) is 6.48. The molecule has 2 atom stereocenters. The smallest absolute Gasteiger partial charge is 0.315 e. The molecule has 7 heteroatoms. The van der Waals surface area contributed by atoms with Crippen molar-refractivity contribution in [2.24, 2.45) is 5.73 Å². The number of primary amides is 1. The molecule has 2 aliphatic rings. The number of hydrogen-bond donors (Lipinski definition) is 2. The Morgan fingerprint density at radius 1 is 1.12 bits per heavy atom. The fraction of sp³-hybridized carbons (Fsp3) is 0.440. The highest BCUT2D eigenvalue weighted by Crippen LogP contribution is 2.38. The minimum absolute atomic E-state index is 0.0944. The lowest BCUT2D eigenvalue weighted by atomic mass is 9.95. The molecule has 0 aromatic heterocycles. The maximum atomic E-state index is 12.9. The molecule has 3 N–H and O–H groups in total. The number of morpholine rings is 1. The number of urea groups is 1. The van der Waals surface area contributed by atoms with Gasteiger partial charge in [-0.2, -0.15) is 0 Å². The molecule has 32 heavy (non-hydrogen) atoms. The number of fused-ring (bicyclic) bond motifs is 1. The van der Waals surface area contributed by atoms with Gasteiger partial charge in [0.25, 0.3) is 5.91 Å². The summed E-state index contributed by atoms with van der Waals surface area (Å²) in [6.07, 6.45) is 0.941. The van der Waals surface area contributed by atoms with E-state index < -0.39 is 6.03 Å². The molecular weight excluding hydrogens is 404 g/mol. The molecule has 0 radical (unpaired) electrons. The van der Waals surface area contributed by atoms with Crippen LogP contribution in [0.1, 0.15) is 53.4 Å². The van der Waals surface area contributed by atoms with E-state index in [1.54, 1.807) is 4.90 Å². The van der Waals surface area contributed by atoms with Gasteiger partial charge in [-0.1, -0.05) is 43.3 Å². The van der Waals surface area contributed by atoms with Crippen LogP contribution in [0.25, 0.3) is 0 Å². The van der Waals surface area contributed by atoms with Crippen LogP contribution < -0.4 is 11.1 Å². The zero-order valence-electron chi connectivity index (χ0n) is 18.8. The van der Waals surface area contributed by atoms with Crippen molar-refractivity contribution in [1.29, 1.82) is 0 Å². The Balaban J connectivity index is 1.46. The number of ether oxygens (including phenoxy) is 1. The van der Waals surface area contributed by atoms with E-state index in [4.69, 9.17) is 10.5 Å². The predicted octanol–water partition coefficient (Wildman–Crippen LogP) is 2.90. The van der Waals surface area contributed by atoms with Gasteiger partial charge in [-0.3, -0.25) is 9.69 Å². The van der Waals surface area contributed by atoms with Gasteiger partial charge in [0, 0.05) is 37.3 Å². The summed E-state index contributed by atoms with van der Waals surface area (Å²) in [6, 6.07) is 14.8. The van der Waals surface area contributed by atoms with E-state index in [0.29, 0.717) is 18.7 Å². The molecule has 2 aromatic carbocycles. The van der Waals surface area contributed by atoms with Crippen molar-refractivity contribution in [3.63, 3.8) is 0 Å². The molecule has 4 rings (SSSR count). The van der Waals surface area contributed by atoms with Crippen molar-refractivity contribution in [1.82, 2.24) is 15.1 Å². The molecule has 0 aliphatic carbocycles. The highest BCUT2D eigenvalue weighted by Gasteiger charge is 2.34. The topological polar surface area (TPSA) is 87.9 Å². The summed E-state index contributed by atoms with van der Waals surface area (Å²) in [5.41, 5.74) is 9.27. The fourth-order valence-electron chi connectivity index (χ4n) is 4.71. The van der Waals surface area contributed by atoms with E-state index in [0.717, 1.165) is 49.4 Å². The summed E-state index contributed by atoms with van der Waals surface area (Å²) in [5, 5.41) is 3.11. The number of nitrogens with one attached hydrogen (secondary N) is 1. The van der Waals surface area contributed by atoms with Crippen molar-refractivity contribution in [3.05, 3.63) is 70.8 Å². The average molecular weight is 437 g/mol. The standard InChI is InChI=1S/C25H32N4O3/c1-3-25(2,28-12-14-32-15-13-28)17-27-23(30)19-10-8-18(9-11-19)22-21-7-5-4-6-20(21)16-29(22)24(26)31/h4-11,22H,3,12-17H2,1-2H3,(H2,26,31)(H,27,30). The largest absolute Gasteiger partial charge is 0.379 e. The summed E-state index contributed by atoms with van der Waals surface area (Å²) < 4.78 is 5.47. The summed E-state index contributed by atoms with van der Waals surface area (Å²) in [4.78, 5) is 29.0. The summed E-state index contributed by atoms with van der Waals surface area (Å²) >= 11 is 0. The van der Waals surface area contributed by atoms with Gasteiger partial charge in [0.05, 0.1) is 19.3 Å². The first-order valence-corrected chi connectivity index (χ1v) is 11.3. The monoisotopic (exact) mass is 436 g/mol. The zero-order valence-corrected chi connectivity index (χ0v) is 18.8. The molecule has 1 saturated heterocycles. The van der Waals surface area contributed by atoms with E-state index in [1.165, 1.54) is 0 Å². The third kappa shape index (κ3) is 4.36. The van der Waals surface area contributed by atoms with Crippen LogP contribution >= 0.6 is 0 Å². The molecule has 0 bridgehead atoms. The third-order valence-electron chi connectivity index (χ3n) is 6.94. The molecule has 2 unspecified atom stereocenters. The summed E-state index contributed by atoms with van der Waals surface area (Å²) in [6.45, 7) is 8.65. The van der Waals surface area contributed by atoms with Crippen LogP contribution in [-0.2, 0) is 11.3 Å². The van der Waals surface area contributed by atoms with Gasteiger partial charge >= 0.3 is 6.03 Å². The Morgan fingerprint density at radius 3 is 2.47 bits per heavy atom. The van der Waals surface area contributed by atoms with Crippen LogP contribution in [0.3, 0.4) is 0 Å². The van der Waals surface area contributed by atoms with Gasteiger partial charge in [0.1, 0.15) is 0 Å². The minimum Gasteiger partial charge on any atom is -0.379 e. The highest BCUT2D eigenvalue weighted by atomic mass is 16.5. The Hall–Kier alpha value is -2.90. The minimum atomic E-state index is -0.449. The second kappa shape index (κ2) is 9.30. The van der Waals surface area contributed by atoms with Crippen LogP contribution in [0, 0.1) is 0 Å². The third-order valence-corrected chi connectivity index (χ3v) is 6.94. The van der Waals surface area contributed by atoms with Gasteiger partial charge in [0.2, 0.25) is 0 Å². The molecule has 3 amide bonds. The van der Waals surface area contributed by atoms with Crippen molar-refractivity contribution < 1.29 is 14.3 Å². The Morgan fingerprint density at radius 2 is 1.81 bits per heavy atom. The van der Waals surface area contributed by atoms with Gasteiger partial charge in [-0.15, -0.1) is 0 Å². The van der Waals surface area contributed by atoms with Gasteiger partial charge in [-0.05, 0) is 42.2 Å². The van der Waals surface area contributed by atoms with Crippen molar-refractivity contribution in [3.8, 4) is 0 Å². The number of nitrogens with two attached hydrogens (primary N) is 1. The maximum Gasteiger partial charge on any atom is 0.315 e. The quantitative estimate of drug-likeness (QED) is 0.729. The second-order valence-corrected chi connectivity index (χ2v) is 8.82. The highest BCUT2D eigenvalue weighted by molar-refractivity contribution is 5.94. The first-order valence-electron chi connectivity index (χ1n) is 11.3. The van der Waals surface area contributed by atoms with Crippen LogP contribution in [-0.4, -0.2) is 60.1 Å². The fourth-order valence-corrected chi connectivity index (χ4v) is 4.71. The lowest BCUT2D eigenvalue weighted by Crippen LogP contribution is -2.56. The van der Waals surface area contributed by atoms with E-state index in [9.17, 15) is 9.59 Å². The number of carbonyl (C=O) groups excluding carboxylic acids is 2. The molecule has 2 heterocycles. The normalized spacial score (nSPS) is 20.4. The molecule has 0 spiro atoms. The summed E-state index contributed by atoms with van der Waals surface area (Å²) in [7, 11) is 0. The predicted molar refractivity (Wildman–Crippen MR) is 123 cm³/mol. The van der Waals surface area contributed by atoms with Gasteiger partial charge in [-0.25, -0.2) is 4.79 Å². The van der Waals surface area contributed by atoms with Crippen LogP contribution in [0.5, 0.6) is 0 Å². The average Bonchev–Trinajstić information content (AvgIpc) is 3.23. The number of benzene rings is 2. The van der Waals surface area contributed by atoms with Crippen LogP contribution in [0.2, 0.25) is 0 Å². The van der Waals surface area contributed by atoms with E-state index >= 15 is 0 Å². The SMILES string of the molecule is CCC(C)(CNC(=O)c1ccc(C2c3ccccc3CN2C(N)=O)cc1)N1CCOCC1. The molecule has 1 fully saturated rings. The zero-order chi connectivity index (χ0) is 22.7. The van der Waals surface area contributed by atoms with Gasteiger partial charge in [0.15, 0.2) is 0 Å². The van der Waals surface area contributed by atoms with Crippen molar-refractivity contribution in [2.75, 3.05) is 32.8 Å². The molecule has 2 aromatic rings. The number of rotatable bonds is 6. The van der Waals surface area contributed by atoms with E-state index in [1.807, 2.05) is 48.5 Å². The summed E-state index contributed by atoms with van der Waals surface area (Å²) in [5.74, 6) is -0.0944. The number of hydrogen-bond acceptors (Lipinski definition) is 4. The second-order valence-electron chi connectivity index (χ2n) is 8.82. The first kappa shape index (κ1) is 22.3. The Labute approximate surface area is 189 Å². The lowest BCUT2D eigenvalue weighted by molar-refractivity contribution is -0.0169. The van der Waals surface area contributed by atoms with Crippen molar-refractivity contribution >= 4 is 11.9 Å². The van der Waals surface area contributed by atoms with Crippen molar-refractivity contribution in [2.45, 2.75) is 38.4 Å².